The van der Waals surface area contributed by atoms with Crippen molar-refractivity contribution in [3.05, 3.63) is 63.2 Å². The van der Waals surface area contributed by atoms with Crippen LogP contribution in [0.2, 0.25) is 5.02 Å². The first-order valence-electron chi connectivity index (χ1n) is 8.18. The quantitative estimate of drug-likeness (QED) is 0.634. The minimum absolute atomic E-state index is 0.312. The van der Waals surface area contributed by atoms with Gasteiger partial charge in [-0.2, -0.15) is 0 Å². The van der Waals surface area contributed by atoms with Crippen molar-refractivity contribution in [1.29, 1.82) is 0 Å². The SMILES string of the molecule is Cc1ccc(-c2cs/c(=N/c3ccc(Cl)cc3)n2C)cc1S(=O)(=O)N(C)C. The van der Waals surface area contributed by atoms with Gasteiger partial charge >= 0.3 is 0 Å². The first-order valence-corrected chi connectivity index (χ1v) is 10.9. The lowest BCUT2D eigenvalue weighted by Gasteiger charge is -2.15. The van der Waals surface area contributed by atoms with Crippen molar-refractivity contribution in [3.63, 3.8) is 0 Å². The molecule has 1 aromatic heterocycles. The summed E-state index contributed by atoms with van der Waals surface area (Å²) < 4.78 is 28.4. The van der Waals surface area contributed by atoms with E-state index < -0.39 is 10.0 Å². The molecule has 0 aliphatic heterocycles. The average Bonchev–Trinajstić information content (AvgIpc) is 2.98. The van der Waals surface area contributed by atoms with E-state index in [1.165, 1.54) is 29.7 Å². The van der Waals surface area contributed by atoms with Crippen molar-refractivity contribution in [2.45, 2.75) is 11.8 Å². The van der Waals surface area contributed by atoms with Crippen LogP contribution >= 0.6 is 22.9 Å². The summed E-state index contributed by atoms with van der Waals surface area (Å²) in [5.41, 5.74) is 3.26. The number of aromatic nitrogens is 1. The molecule has 3 rings (SSSR count). The molecular weight excluding hydrogens is 402 g/mol. The largest absolute Gasteiger partial charge is 0.320 e. The molecule has 0 spiro atoms. The molecule has 0 radical (unpaired) electrons. The minimum atomic E-state index is -3.51. The summed E-state index contributed by atoms with van der Waals surface area (Å²) in [6.07, 6.45) is 0. The highest BCUT2D eigenvalue weighted by atomic mass is 35.5. The molecule has 0 amide bonds. The lowest BCUT2D eigenvalue weighted by atomic mass is 10.1. The number of sulfonamides is 1. The molecule has 0 unspecified atom stereocenters. The number of halogens is 1. The van der Waals surface area contributed by atoms with Gasteiger partial charge in [-0.1, -0.05) is 23.7 Å². The Morgan fingerprint density at radius 2 is 1.78 bits per heavy atom. The van der Waals surface area contributed by atoms with Crippen molar-refractivity contribution in [1.82, 2.24) is 8.87 Å². The van der Waals surface area contributed by atoms with Crippen molar-refractivity contribution in [2.24, 2.45) is 12.0 Å². The maximum atomic E-state index is 12.6. The molecule has 27 heavy (non-hydrogen) atoms. The Morgan fingerprint density at radius 1 is 1.11 bits per heavy atom. The van der Waals surface area contributed by atoms with E-state index in [4.69, 9.17) is 11.6 Å². The second kappa shape index (κ2) is 7.59. The fraction of sp³-hybridized carbons (Fsp3) is 0.211. The van der Waals surface area contributed by atoms with Gasteiger partial charge in [0.25, 0.3) is 0 Å². The highest BCUT2D eigenvalue weighted by Crippen LogP contribution is 2.27. The summed E-state index contributed by atoms with van der Waals surface area (Å²) in [4.78, 5) is 5.76. The molecule has 0 saturated carbocycles. The number of aryl methyl sites for hydroxylation is 1. The molecule has 0 aliphatic carbocycles. The zero-order valence-corrected chi connectivity index (χ0v) is 17.9. The van der Waals surface area contributed by atoms with Crippen LogP contribution in [0.1, 0.15) is 5.56 Å². The summed E-state index contributed by atoms with van der Waals surface area (Å²) >= 11 is 7.42. The molecule has 2 aromatic carbocycles. The van der Waals surface area contributed by atoms with Crippen molar-refractivity contribution in [2.75, 3.05) is 14.1 Å². The van der Waals surface area contributed by atoms with Gasteiger partial charge in [-0.3, -0.25) is 0 Å². The Hall–Kier alpha value is -1.93. The van der Waals surface area contributed by atoms with Crippen LogP contribution in [0.5, 0.6) is 0 Å². The van der Waals surface area contributed by atoms with Gasteiger partial charge in [0.2, 0.25) is 10.0 Å². The predicted molar refractivity (Wildman–Crippen MR) is 111 cm³/mol. The van der Waals surface area contributed by atoms with E-state index in [0.29, 0.717) is 9.92 Å². The Morgan fingerprint density at radius 3 is 2.41 bits per heavy atom. The summed E-state index contributed by atoms with van der Waals surface area (Å²) in [6.45, 7) is 1.80. The third-order valence-electron chi connectivity index (χ3n) is 4.22. The van der Waals surface area contributed by atoms with Crippen LogP contribution in [0.15, 0.2) is 57.7 Å². The van der Waals surface area contributed by atoms with Crippen LogP contribution in [0.3, 0.4) is 0 Å². The number of benzene rings is 2. The van der Waals surface area contributed by atoms with Crippen LogP contribution in [-0.4, -0.2) is 31.4 Å². The summed E-state index contributed by atoms with van der Waals surface area (Å²) in [5.74, 6) is 0. The molecule has 142 valence electrons. The first-order chi connectivity index (χ1) is 12.7. The third-order valence-corrected chi connectivity index (χ3v) is 7.34. The molecule has 5 nitrogen and oxygen atoms in total. The third kappa shape index (κ3) is 4.01. The van der Waals surface area contributed by atoms with Crippen LogP contribution in [-0.2, 0) is 17.1 Å². The lowest BCUT2D eigenvalue weighted by molar-refractivity contribution is 0.520. The van der Waals surface area contributed by atoms with E-state index in [-0.39, 0.29) is 0 Å². The maximum absolute atomic E-state index is 12.6. The highest BCUT2D eigenvalue weighted by Gasteiger charge is 2.20. The molecule has 3 aromatic rings. The molecule has 0 N–H and O–H groups in total. The van der Waals surface area contributed by atoms with E-state index in [9.17, 15) is 8.42 Å². The predicted octanol–water partition coefficient (Wildman–Crippen LogP) is 4.20. The molecule has 8 heteroatoms. The average molecular weight is 422 g/mol. The van der Waals surface area contributed by atoms with Gasteiger partial charge in [0.05, 0.1) is 16.3 Å². The van der Waals surface area contributed by atoms with Gasteiger partial charge in [-0.15, -0.1) is 11.3 Å². The van der Waals surface area contributed by atoms with Gasteiger partial charge < -0.3 is 4.57 Å². The summed E-state index contributed by atoms with van der Waals surface area (Å²) in [5, 5.41) is 2.64. The number of hydrogen-bond acceptors (Lipinski definition) is 4. The molecule has 0 fully saturated rings. The van der Waals surface area contributed by atoms with E-state index in [0.717, 1.165) is 27.3 Å². The highest BCUT2D eigenvalue weighted by molar-refractivity contribution is 7.89. The second-order valence-electron chi connectivity index (χ2n) is 6.32. The molecule has 0 bridgehead atoms. The van der Waals surface area contributed by atoms with Gasteiger partial charge in [0.15, 0.2) is 4.80 Å². The minimum Gasteiger partial charge on any atom is -0.320 e. The summed E-state index contributed by atoms with van der Waals surface area (Å²) in [7, 11) is 1.49. The molecule has 0 saturated heterocycles. The van der Waals surface area contributed by atoms with Crippen molar-refractivity contribution in [3.8, 4) is 11.3 Å². The Labute approximate surface area is 168 Å². The zero-order chi connectivity index (χ0) is 19.8. The van der Waals surface area contributed by atoms with Crippen molar-refractivity contribution >= 4 is 38.6 Å². The molecular formula is C19H20ClN3O2S2. The normalized spacial score (nSPS) is 12.7. The number of thiazole rings is 1. The van der Waals surface area contributed by atoms with Gasteiger partial charge in [0.1, 0.15) is 0 Å². The number of nitrogens with zero attached hydrogens (tertiary/aromatic N) is 3. The molecule has 1 heterocycles. The Balaban J connectivity index is 2.09. The van der Waals surface area contributed by atoms with E-state index in [1.54, 1.807) is 25.1 Å². The topological polar surface area (TPSA) is 54.7 Å². The van der Waals surface area contributed by atoms with Crippen LogP contribution in [0, 0.1) is 6.92 Å². The van der Waals surface area contributed by atoms with Gasteiger partial charge in [-0.05, 0) is 42.8 Å². The first kappa shape index (κ1) is 19.8. The molecule has 0 aliphatic rings. The zero-order valence-electron chi connectivity index (χ0n) is 15.5. The molecule has 0 atom stereocenters. The summed E-state index contributed by atoms with van der Waals surface area (Å²) in [6, 6.07) is 12.8. The second-order valence-corrected chi connectivity index (χ2v) is 9.71. The number of hydrogen-bond donors (Lipinski definition) is 0. The fourth-order valence-electron chi connectivity index (χ4n) is 2.59. The fourth-order valence-corrected chi connectivity index (χ4v) is 4.79. The van der Waals surface area contributed by atoms with E-state index in [1.807, 2.05) is 41.3 Å². The Kier molecular flexibility index (Phi) is 5.58. The van der Waals surface area contributed by atoms with E-state index in [2.05, 4.69) is 4.99 Å². The maximum Gasteiger partial charge on any atom is 0.242 e. The smallest absolute Gasteiger partial charge is 0.242 e. The lowest BCUT2D eigenvalue weighted by Crippen LogP contribution is -2.23. The van der Waals surface area contributed by atoms with E-state index >= 15 is 0 Å². The van der Waals surface area contributed by atoms with Crippen molar-refractivity contribution < 1.29 is 8.42 Å². The van der Waals surface area contributed by atoms with Gasteiger partial charge in [0, 0.05) is 37.1 Å². The number of rotatable bonds is 4. The standard InChI is InChI=1S/C19H20ClN3O2S2/c1-13-5-6-14(11-18(13)27(24,25)22(2)3)17-12-26-19(23(17)4)21-16-9-7-15(20)8-10-16/h5-12H,1-4H3/b21-19+. The van der Waals surface area contributed by atoms with Crippen LogP contribution in [0.25, 0.3) is 11.3 Å². The van der Waals surface area contributed by atoms with Crippen LogP contribution in [0.4, 0.5) is 5.69 Å². The monoisotopic (exact) mass is 421 g/mol. The Bertz CT molecular complexity index is 1140. The van der Waals surface area contributed by atoms with Gasteiger partial charge in [-0.25, -0.2) is 17.7 Å². The van der Waals surface area contributed by atoms with Crippen LogP contribution < -0.4 is 4.80 Å².